The average molecular weight is 359 g/mol. The number of anilines is 1. The number of carbonyl (C=O) groups excluding carboxylic acids is 1. The summed E-state index contributed by atoms with van der Waals surface area (Å²) in [4.78, 5) is 12.2. The minimum atomic E-state index is -0.305. The quantitative estimate of drug-likeness (QED) is 0.719. The van der Waals surface area contributed by atoms with E-state index in [-0.39, 0.29) is 12.1 Å². The van der Waals surface area contributed by atoms with Gasteiger partial charge in [0, 0.05) is 22.9 Å². The molecule has 1 unspecified atom stereocenters. The molecule has 1 atom stereocenters. The fourth-order valence-electron chi connectivity index (χ4n) is 2.65. The molecule has 1 aromatic carbocycles. The Bertz CT molecular complexity index is 841. The van der Waals surface area contributed by atoms with Crippen LogP contribution in [-0.4, -0.2) is 22.4 Å². The molecule has 2 N–H and O–H groups in total. The molecule has 0 aliphatic carbocycles. The zero-order valence-electron chi connectivity index (χ0n) is 14.0. The Morgan fingerprint density at radius 2 is 2.04 bits per heavy atom. The monoisotopic (exact) mass is 358 g/mol. The highest BCUT2D eigenvalue weighted by molar-refractivity contribution is 6.30. The molecule has 0 aliphatic heterocycles. The van der Waals surface area contributed by atoms with Gasteiger partial charge in [0.2, 0.25) is 0 Å². The Hall–Kier alpha value is -2.73. The van der Waals surface area contributed by atoms with Crippen molar-refractivity contribution in [3.8, 4) is 0 Å². The van der Waals surface area contributed by atoms with Gasteiger partial charge in [-0.1, -0.05) is 11.6 Å². The number of benzene rings is 1. The molecule has 2 aromatic heterocycles. The third-order valence-electron chi connectivity index (χ3n) is 3.77. The summed E-state index contributed by atoms with van der Waals surface area (Å²) in [6, 6.07) is 12.1. The van der Waals surface area contributed by atoms with Crippen LogP contribution in [0, 0.1) is 13.8 Å². The fraction of sp³-hybridized carbons (Fsp3) is 0.222. The van der Waals surface area contributed by atoms with Crippen molar-refractivity contribution in [3.63, 3.8) is 0 Å². The summed E-state index contributed by atoms with van der Waals surface area (Å²) in [5.41, 5.74) is 2.58. The van der Waals surface area contributed by atoms with Crippen LogP contribution < -0.4 is 10.6 Å². The Balaban J connectivity index is 1.69. The van der Waals surface area contributed by atoms with E-state index in [2.05, 4.69) is 15.7 Å². The minimum Gasteiger partial charge on any atom is -0.467 e. The first-order chi connectivity index (χ1) is 12.0. The van der Waals surface area contributed by atoms with E-state index < -0.39 is 0 Å². The second kappa shape index (κ2) is 7.44. The number of halogens is 1. The van der Waals surface area contributed by atoms with E-state index in [1.54, 1.807) is 30.5 Å². The molecule has 0 spiro atoms. The molecule has 0 bridgehead atoms. The Morgan fingerprint density at radius 1 is 1.28 bits per heavy atom. The number of furan rings is 1. The summed E-state index contributed by atoms with van der Waals surface area (Å²) < 4.78 is 7.39. The molecule has 6 nitrogen and oxygen atoms in total. The summed E-state index contributed by atoms with van der Waals surface area (Å²) in [6.07, 6.45) is 1.61. The number of aromatic nitrogens is 2. The molecule has 7 heteroatoms. The van der Waals surface area contributed by atoms with Crippen LogP contribution in [0.2, 0.25) is 5.02 Å². The third-order valence-corrected chi connectivity index (χ3v) is 4.02. The van der Waals surface area contributed by atoms with Gasteiger partial charge < -0.3 is 15.1 Å². The second-order valence-electron chi connectivity index (χ2n) is 5.74. The molecule has 2 amide bonds. The first-order valence-corrected chi connectivity index (χ1v) is 8.27. The number of amides is 2. The number of nitrogens with zero attached hydrogens (tertiary/aromatic N) is 2. The van der Waals surface area contributed by atoms with Gasteiger partial charge in [0.1, 0.15) is 11.8 Å². The van der Waals surface area contributed by atoms with Crippen LogP contribution >= 0.6 is 11.6 Å². The van der Waals surface area contributed by atoms with Gasteiger partial charge in [0.05, 0.1) is 12.0 Å². The van der Waals surface area contributed by atoms with E-state index in [9.17, 15) is 4.79 Å². The molecule has 2 heterocycles. The third kappa shape index (κ3) is 4.22. The number of hydrogen-bond donors (Lipinski definition) is 2. The summed E-state index contributed by atoms with van der Waals surface area (Å²) in [6.45, 7) is 4.25. The standard InChI is InChI=1S/C18H19ClN4O2/c1-12-10-13(2)23(22-12)16(17-4-3-9-25-17)11-20-18(24)21-15-7-5-14(19)6-8-15/h3-10,16H,11H2,1-2H3,(H2,20,21,24). The van der Waals surface area contributed by atoms with Gasteiger partial charge >= 0.3 is 6.03 Å². The van der Waals surface area contributed by atoms with Gasteiger partial charge in [0.25, 0.3) is 0 Å². The lowest BCUT2D eigenvalue weighted by Crippen LogP contribution is -2.35. The van der Waals surface area contributed by atoms with Crippen LogP contribution in [0.5, 0.6) is 0 Å². The molecule has 25 heavy (non-hydrogen) atoms. The van der Waals surface area contributed by atoms with Gasteiger partial charge in [-0.2, -0.15) is 5.10 Å². The maximum absolute atomic E-state index is 12.2. The molecule has 0 saturated carbocycles. The van der Waals surface area contributed by atoms with Gasteiger partial charge in [-0.05, 0) is 56.3 Å². The zero-order valence-corrected chi connectivity index (χ0v) is 14.7. The van der Waals surface area contributed by atoms with Crippen molar-refractivity contribution in [1.29, 1.82) is 0 Å². The predicted molar refractivity (Wildman–Crippen MR) is 97.0 cm³/mol. The highest BCUT2D eigenvalue weighted by atomic mass is 35.5. The first kappa shape index (κ1) is 17.1. The number of rotatable bonds is 5. The minimum absolute atomic E-state index is 0.223. The number of carbonyl (C=O) groups is 1. The lowest BCUT2D eigenvalue weighted by atomic mass is 10.2. The Kier molecular flexibility index (Phi) is 5.09. The zero-order chi connectivity index (χ0) is 17.8. The lowest BCUT2D eigenvalue weighted by molar-refractivity contribution is 0.249. The van der Waals surface area contributed by atoms with Crippen molar-refractivity contribution in [2.45, 2.75) is 19.9 Å². The topological polar surface area (TPSA) is 72.1 Å². The number of nitrogens with one attached hydrogen (secondary N) is 2. The second-order valence-corrected chi connectivity index (χ2v) is 6.18. The van der Waals surface area contributed by atoms with Crippen molar-refractivity contribution in [2.75, 3.05) is 11.9 Å². The SMILES string of the molecule is Cc1cc(C)n(C(CNC(=O)Nc2ccc(Cl)cc2)c2ccco2)n1. The Labute approximate surface area is 150 Å². The molecular formula is C18H19ClN4O2. The van der Waals surface area contributed by atoms with Crippen LogP contribution in [0.25, 0.3) is 0 Å². The summed E-state index contributed by atoms with van der Waals surface area (Å²) in [5, 5.41) is 10.8. The maximum Gasteiger partial charge on any atom is 0.319 e. The highest BCUT2D eigenvalue weighted by Crippen LogP contribution is 2.20. The van der Waals surface area contributed by atoms with E-state index in [0.717, 1.165) is 17.1 Å². The van der Waals surface area contributed by atoms with Crippen molar-refractivity contribution in [3.05, 3.63) is 70.9 Å². The van der Waals surface area contributed by atoms with Gasteiger partial charge in [-0.15, -0.1) is 0 Å². The molecule has 0 aliphatic rings. The molecule has 0 radical (unpaired) electrons. The van der Waals surface area contributed by atoms with Crippen LogP contribution in [0.3, 0.4) is 0 Å². The number of urea groups is 1. The van der Waals surface area contributed by atoms with E-state index in [1.807, 2.05) is 36.7 Å². The largest absolute Gasteiger partial charge is 0.467 e. The van der Waals surface area contributed by atoms with E-state index >= 15 is 0 Å². The van der Waals surface area contributed by atoms with Crippen molar-refractivity contribution in [2.24, 2.45) is 0 Å². The number of aryl methyl sites for hydroxylation is 2. The van der Waals surface area contributed by atoms with Gasteiger partial charge in [-0.25, -0.2) is 4.79 Å². The van der Waals surface area contributed by atoms with Crippen molar-refractivity contribution in [1.82, 2.24) is 15.1 Å². The van der Waals surface area contributed by atoms with Crippen LogP contribution in [-0.2, 0) is 0 Å². The predicted octanol–water partition coefficient (Wildman–Crippen LogP) is 4.16. The average Bonchev–Trinajstić information content (AvgIpc) is 3.20. The summed E-state index contributed by atoms with van der Waals surface area (Å²) in [7, 11) is 0. The smallest absolute Gasteiger partial charge is 0.319 e. The fourth-order valence-corrected chi connectivity index (χ4v) is 2.77. The van der Waals surface area contributed by atoms with Crippen LogP contribution in [0.15, 0.2) is 53.1 Å². The summed E-state index contributed by atoms with van der Waals surface area (Å²) >= 11 is 5.84. The summed E-state index contributed by atoms with van der Waals surface area (Å²) in [5.74, 6) is 0.734. The van der Waals surface area contributed by atoms with E-state index in [1.165, 1.54) is 0 Å². The normalized spacial score (nSPS) is 12.0. The molecule has 3 rings (SSSR count). The van der Waals surface area contributed by atoms with Crippen LogP contribution in [0.1, 0.15) is 23.2 Å². The maximum atomic E-state index is 12.2. The molecule has 3 aromatic rings. The van der Waals surface area contributed by atoms with Crippen LogP contribution in [0.4, 0.5) is 10.5 Å². The van der Waals surface area contributed by atoms with Crippen molar-refractivity contribution < 1.29 is 9.21 Å². The van der Waals surface area contributed by atoms with Gasteiger partial charge in [0.15, 0.2) is 0 Å². The molecule has 0 saturated heterocycles. The van der Waals surface area contributed by atoms with Gasteiger partial charge in [-0.3, -0.25) is 4.68 Å². The van der Waals surface area contributed by atoms with E-state index in [4.69, 9.17) is 16.0 Å². The molecule has 130 valence electrons. The molecule has 0 fully saturated rings. The highest BCUT2D eigenvalue weighted by Gasteiger charge is 2.20. The number of hydrogen-bond acceptors (Lipinski definition) is 3. The Morgan fingerprint density at radius 3 is 2.64 bits per heavy atom. The first-order valence-electron chi connectivity index (χ1n) is 7.89. The van der Waals surface area contributed by atoms with E-state index in [0.29, 0.717) is 17.3 Å². The lowest BCUT2D eigenvalue weighted by Gasteiger charge is -2.18. The van der Waals surface area contributed by atoms with Crippen molar-refractivity contribution >= 4 is 23.3 Å². The molecular weight excluding hydrogens is 340 g/mol.